The minimum Gasteiger partial charge on any atom is -0.497 e. The number of fused-ring (bicyclic) bond motifs is 1. The molecule has 0 saturated heterocycles. The summed E-state index contributed by atoms with van der Waals surface area (Å²) in [6, 6.07) is 10.4. The highest BCUT2D eigenvalue weighted by molar-refractivity contribution is 5.96. The van der Waals surface area contributed by atoms with E-state index in [1.165, 1.54) is 26.4 Å². The smallest absolute Gasteiger partial charge is 0.174 e. The summed E-state index contributed by atoms with van der Waals surface area (Å²) < 4.78 is 12.2. The predicted molar refractivity (Wildman–Crippen MR) is 122 cm³/mol. The first kappa shape index (κ1) is 21.3. The van der Waals surface area contributed by atoms with Crippen LogP contribution in [0.5, 0.6) is 5.75 Å². The lowest BCUT2D eigenvalue weighted by molar-refractivity contribution is -0.0350. The second kappa shape index (κ2) is 9.94. The van der Waals surface area contributed by atoms with Crippen LogP contribution < -0.4 is 10.1 Å². The highest BCUT2D eigenvalue weighted by atomic mass is 16.6. The van der Waals surface area contributed by atoms with Crippen molar-refractivity contribution in [1.82, 2.24) is 14.8 Å². The molecule has 0 amide bonds. The molecular formula is C24H30N4O3. The summed E-state index contributed by atoms with van der Waals surface area (Å²) in [5.74, 6) is 1.67. The van der Waals surface area contributed by atoms with E-state index < -0.39 is 6.29 Å². The van der Waals surface area contributed by atoms with Crippen LogP contribution in [0.3, 0.4) is 0 Å². The van der Waals surface area contributed by atoms with Crippen molar-refractivity contribution in [3.63, 3.8) is 0 Å². The number of ether oxygens (including phenoxy) is 2. The Labute approximate surface area is 182 Å². The Kier molecular flexibility index (Phi) is 6.84. The fourth-order valence-electron chi connectivity index (χ4n) is 4.10. The number of aliphatic hydroxyl groups is 1. The van der Waals surface area contributed by atoms with E-state index in [1.807, 2.05) is 41.2 Å². The summed E-state index contributed by atoms with van der Waals surface area (Å²) in [7, 11) is 3.13. The normalized spacial score (nSPS) is 16.1. The number of rotatable bonds is 8. The highest BCUT2D eigenvalue weighted by Gasteiger charge is 2.19. The van der Waals surface area contributed by atoms with Gasteiger partial charge in [-0.2, -0.15) is 5.10 Å². The van der Waals surface area contributed by atoms with Crippen molar-refractivity contribution < 1.29 is 14.6 Å². The second-order valence-electron chi connectivity index (χ2n) is 7.91. The Morgan fingerprint density at radius 3 is 2.65 bits per heavy atom. The fourth-order valence-corrected chi connectivity index (χ4v) is 4.10. The van der Waals surface area contributed by atoms with Crippen molar-refractivity contribution >= 4 is 22.8 Å². The van der Waals surface area contributed by atoms with Gasteiger partial charge in [-0.25, -0.2) is 4.98 Å². The molecule has 164 valence electrons. The van der Waals surface area contributed by atoms with Crippen LogP contribution in [-0.2, 0) is 11.3 Å². The van der Waals surface area contributed by atoms with Gasteiger partial charge in [0.05, 0.1) is 30.3 Å². The number of nitrogens with one attached hydrogen (secondary N) is 1. The summed E-state index contributed by atoms with van der Waals surface area (Å²) in [5, 5.41) is 19.3. The van der Waals surface area contributed by atoms with Gasteiger partial charge in [0.1, 0.15) is 11.6 Å². The zero-order valence-corrected chi connectivity index (χ0v) is 18.1. The Morgan fingerprint density at radius 1 is 1.16 bits per heavy atom. The van der Waals surface area contributed by atoms with E-state index in [1.54, 1.807) is 19.3 Å². The van der Waals surface area contributed by atoms with Crippen molar-refractivity contribution in [1.29, 1.82) is 0 Å². The number of nitrogens with zero attached hydrogens (tertiary/aromatic N) is 3. The maximum atomic E-state index is 9.83. The molecule has 1 aromatic carbocycles. The number of hydrogen-bond acceptors (Lipinski definition) is 6. The van der Waals surface area contributed by atoms with Gasteiger partial charge in [-0.15, -0.1) is 0 Å². The van der Waals surface area contributed by atoms with Gasteiger partial charge in [0, 0.05) is 19.3 Å². The number of anilines is 1. The molecule has 31 heavy (non-hydrogen) atoms. The summed E-state index contributed by atoms with van der Waals surface area (Å²) in [5.41, 5.74) is 2.87. The Bertz CT molecular complexity index is 1020. The molecule has 1 fully saturated rings. The quantitative estimate of drug-likeness (QED) is 0.529. The second-order valence-corrected chi connectivity index (χ2v) is 7.91. The molecule has 2 heterocycles. The molecule has 3 aromatic rings. The molecule has 2 N–H and O–H groups in total. The SMILES string of the molecule is COc1ccc(Cn2nc(C=CC(O)OC)c3c(NC4CCCCC4)nccc32)cc1. The number of methoxy groups -OCH3 is 2. The highest BCUT2D eigenvalue weighted by Crippen LogP contribution is 2.30. The molecule has 1 aliphatic carbocycles. The van der Waals surface area contributed by atoms with Crippen molar-refractivity contribution in [2.45, 2.75) is 51.0 Å². The summed E-state index contributed by atoms with van der Waals surface area (Å²) >= 11 is 0. The largest absolute Gasteiger partial charge is 0.497 e. The summed E-state index contributed by atoms with van der Waals surface area (Å²) in [4.78, 5) is 4.64. The standard InChI is InChI=1S/C24H30N4O3/c1-30-19-10-8-17(9-11-19)16-28-21-14-15-25-24(26-18-6-4-3-5-7-18)23(21)20(27-28)12-13-22(29)31-2/h8-15,18,22,29H,3-7,16H2,1-2H3,(H,25,26). The Hall–Kier alpha value is -2.90. The third-order valence-corrected chi connectivity index (χ3v) is 5.79. The zero-order valence-electron chi connectivity index (χ0n) is 18.1. The van der Waals surface area contributed by atoms with Crippen molar-refractivity contribution in [2.75, 3.05) is 19.5 Å². The molecule has 2 aromatic heterocycles. The number of aliphatic hydroxyl groups excluding tert-OH is 1. The van der Waals surface area contributed by atoms with Crippen LogP contribution >= 0.6 is 0 Å². The number of aromatic nitrogens is 3. The van der Waals surface area contributed by atoms with E-state index in [0.29, 0.717) is 12.6 Å². The van der Waals surface area contributed by atoms with Gasteiger partial charge < -0.3 is 19.9 Å². The molecule has 1 saturated carbocycles. The molecule has 7 heteroatoms. The lowest BCUT2D eigenvalue weighted by Crippen LogP contribution is -2.22. The van der Waals surface area contributed by atoms with Crippen molar-refractivity contribution in [3.05, 3.63) is 53.9 Å². The van der Waals surface area contributed by atoms with Crippen LogP contribution in [0.25, 0.3) is 17.0 Å². The fraction of sp³-hybridized carbons (Fsp3) is 0.417. The number of pyridine rings is 1. The van der Waals surface area contributed by atoms with Gasteiger partial charge in [0.25, 0.3) is 0 Å². The first-order chi connectivity index (χ1) is 15.2. The maximum absolute atomic E-state index is 9.83. The van der Waals surface area contributed by atoms with E-state index in [2.05, 4.69) is 10.3 Å². The van der Waals surface area contributed by atoms with E-state index in [9.17, 15) is 5.11 Å². The topological polar surface area (TPSA) is 81.4 Å². The molecule has 0 spiro atoms. The summed E-state index contributed by atoms with van der Waals surface area (Å²) in [6.45, 7) is 0.619. The van der Waals surface area contributed by atoms with Gasteiger partial charge in [-0.1, -0.05) is 31.4 Å². The van der Waals surface area contributed by atoms with Crippen LogP contribution in [0, 0.1) is 0 Å². The minimum atomic E-state index is -0.979. The molecule has 1 atom stereocenters. The first-order valence-electron chi connectivity index (χ1n) is 10.8. The number of benzene rings is 1. The monoisotopic (exact) mass is 422 g/mol. The molecule has 1 aliphatic rings. The predicted octanol–water partition coefficient (Wildman–Crippen LogP) is 4.21. The molecule has 7 nitrogen and oxygen atoms in total. The van der Waals surface area contributed by atoms with Crippen LogP contribution in [0.2, 0.25) is 0 Å². The zero-order chi connectivity index (χ0) is 21.6. The lowest BCUT2D eigenvalue weighted by atomic mass is 9.95. The van der Waals surface area contributed by atoms with Gasteiger partial charge in [0.2, 0.25) is 0 Å². The maximum Gasteiger partial charge on any atom is 0.174 e. The molecule has 1 unspecified atom stereocenters. The average molecular weight is 423 g/mol. The van der Waals surface area contributed by atoms with Gasteiger partial charge in [0.15, 0.2) is 6.29 Å². The van der Waals surface area contributed by atoms with Crippen molar-refractivity contribution in [2.24, 2.45) is 0 Å². The minimum absolute atomic E-state index is 0.429. The van der Waals surface area contributed by atoms with E-state index in [4.69, 9.17) is 14.6 Å². The van der Waals surface area contributed by atoms with Crippen molar-refractivity contribution in [3.8, 4) is 5.75 Å². The molecule has 4 rings (SSSR count). The third kappa shape index (κ3) is 5.06. The van der Waals surface area contributed by atoms with Crippen LogP contribution in [0.1, 0.15) is 43.4 Å². The third-order valence-electron chi connectivity index (χ3n) is 5.79. The van der Waals surface area contributed by atoms with Gasteiger partial charge in [-0.3, -0.25) is 4.68 Å². The first-order valence-corrected chi connectivity index (χ1v) is 10.8. The Morgan fingerprint density at radius 2 is 1.94 bits per heavy atom. The van der Waals surface area contributed by atoms with Crippen LogP contribution in [0.4, 0.5) is 5.82 Å². The summed E-state index contributed by atoms with van der Waals surface area (Å²) in [6.07, 6.45) is 10.4. The lowest BCUT2D eigenvalue weighted by Gasteiger charge is -2.23. The molecule has 0 radical (unpaired) electrons. The Balaban J connectivity index is 1.71. The van der Waals surface area contributed by atoms with E-state index in [-0.39, 0.29) is 0 Å². The van der Waals surface area contributed by atoms with E-state index >= 15 is 0 Å². The molecule has 0 bridgehead atoms. The van der Waals surface area contributed by atoms with Gasteiger partial charge in [-0.05, 0) is 48.8 Å². The van der Waals surface area contributed by atoms with E-state index in [0.717, 1.165) is 46.6 Å². The molecular weight excluding hydrogens is 392 g/mol. The van der Waals surface area contributed by atoms with Gasteiger partial charge >= 0.3 is 0 Å². The number of hydrogen-bond donors (Lipinski definition) is 2. The average Bonchev–Trinajstić information content (AvgIpc) is 3.17. The van der Waals surface area contributed by atoms with Crippen LogP contribution in [-0.4, -0.2) is 46.4 Å². The molecule has 0 aliphatic heterocycles. The van der Waals surface area contributed by atoms with Crippen LogP contribution in [0.15, 0.2) is 42.6 Å².